The molecular formula is C22H40N6O8S. The topological polar surface area (TPSA) is 229 Å². The highest BCUT2D eigenvalue weighted by Crippen LogP contribution is 2.06. The van der Waals surface area contributed by atoms with Crippen molar-refractivity contribution in [3.63, 3.8) is 0 Å². The Balaban J connectivity index is 4.98. The molecule has 0 aliphatic heterocycles. The average molecular weight is 549 g/mol. The molecule has 9 N–H and O–H groups in total. The van der Waals surface area contributed by atoms with E-state index in [-0.39, 0.29) is 18.8 Å². The van der Waals surface area contributed by atoms with Crippen LogP contribution in [-0.4, -0.2) is 101 Å². The molecule has 0 fully saturated rings. The molecule has 0 saturated carbocycles. The number of thioether (sulfide) groups is 1. The van der Waals surface area contributed by atoms with E-state index >= 15 is 0 Å². The summed E-state index contributed by atoms with van der Waals surface area (Å²) in [6.45, 7) is 5.25. The Kier molecular flexibility index (Phi) is 16.2. The van der Waals surface area contributed by atoms with Crippen molar-refractivity contribution >= 4 is 47.3 Å². The molecule has 0 aromatic carbocycles. The molecule has 37 heavy (non-hydrogen) atoms. The quantitative estimate of drug-likeness (QED) is 0.0936. The maximum atomic E-state index is 12.6. The predicted octanol–water partition coefficient (Wildman–Crippen LogP) is -2.71. The zero-order chi connectivity index (χ0) is 28.7. The van der Waals surface area contributed by atoms with Crippen LogP contribution in [0.4, 0.5) is 0 Å². The van der Waals surface area contributed by atoms with Gasteiger partial charge in [-0.1, -0.05) is 13.8 Å². The summed E-state index contributed by atoms with van der Waals surface area (Å²) in [5.74, 6) is -4.07. The van der Waals surface area contributed by atoms with Crippen LogP contribution in [0.2, 0.25) is 0 Å². The maximum absolute atomic E-state index is 12.6. The molecule has 0 aliphatic carbocycles. The molecule has 0 unspecified atom stereocenters. The molecule has 5 atom stereocenters. The Morgan fingerprint density at radius 1 is 0.811 bits per heavy atom. The normalized spacial score (nSPS) is 14.9. The number of carboxylic acid groups (broad SMARTS) is 1. The molecule has 15 heteroatoms. The number of amides is 5. The Morgan fingerprint density at radius 2 is 1.41 bits per heavy atom. The number of rotatable bonds is 17. The summed E-state index contributed by atoms with van der Waals surface area (Å²) in [4.78, 5) is 72.8. The summed E-state index contributed by atoms with van der Waals surface area (Å²) in [6, 6.07) is -5.41. The van der Waals surface area contributed by atoms with E-state index in [9.17, 15) is 28.8 Å². The van der Waals surface area contributed by atoms with Crippen LogP contribution in [0.3, 0.4) is 0 Å². The first-order valence-corrected chi connectivity index (χ1v) is 13.2. The van der Waals surface area contributed by atoms with Gasteiger partial charge < -0.3 is 42.5 Å². The third kappa shape index (κ3) is 13.8. The third-order valence-electron chi connectivity index (χ3n) is 5.04. The van der Waals surface area contributed by atoms with E-state index in [0.717, 1.165) is 0 Å². The first kappa shape index (κ1) is 34.1. The SMILES string of the molecule is CSCC[C@H](NC(=O)[C@@H](N)CO)C(=O)NCC(=O)N[C@@H](C)C(=O)N[C@@H](CC(C)C)C(=O)N[C@@H](C)C(=O)O. The lowest BCUT2D eigenvalue weighted by atomic mass is 10.0. The van der Waals surface area contributed by atoms with Crippen molar-refractivity contribution < 1.29 is 39.0 Å². The van der Waals surface area contributed by atoms with Crippen LogP contribution in [-0.2, 0) is 28.8 Å². The second kappa shape index (κ2) is 17.5. The van der Waals surface area contributed by atoms with Gasteiger partial charge in [0.15, 0.2) is 0 Å². The molecule has 0 radical (unpaired) electrons. The molecule has 5 amide bonds. The fourth-order valence-corrected chi connectivity index (χ4v) is 3.36. The number of carbonyl (C=O) groups excluding carboxylic acids is 5. The molecule has 0 saturated heterocycles. The Labute approximate surface area is 220 Å². The monoisotopic (exact) mass is 548 g/mol. The highest BCUT2D eigenvalue weighted by molar-refractivity contribution is 7.98. The highest BCUT2D eigenvalue weighted by atomic mass is 32.2. The summed E-state index contributed by atoms with van der Waals surface area (Å²) >= 11 is 1.45. The molecule has 0 heterocycles. The summed E-state index contributed by atoms with van der Waals surface area (Å²) < 4.78 is 0. The van der Waals surface area contributed by atoms with Crippen LogP contribution in [0.15, 0.2) is 0 Å². The van der Waals surface area contributed by atoms with Gasteiger partial charge in [-0.15, -0.1) is 0 Å². The number of nitrogens with one attached hydrogen (secondary N) is 5. The van der Waals surface area contributed by atoms with Crippen molar-refractivity contribution in [2.45, 2.75) is 70.7 Å². The number of aliphatic hydroxyl groups is 1. The van der Waals surface area contributed by atoms with Crippen LogP contribution >= 0.6 is 11.8 Å². The minimum absolute atomic E-state index is 0.00256. The van der Waals surface area contributed by atoms with E-state index < -0.39 is 78.9 Å². The van der Waals surface area contributed by atoms with Gasteiger partial charge in [0.05, 0.1) is 13.2 Å². The number of carboxylic acids is 1. The Morgan fingerprint density at radius 3 is 1.92 bits per heavy atom. The van der Waals surface area contributed by atoms with Crippen molar-refractivity contribution in [3.8, 4) is 0 Å². The van der Waals surface area contributed by atoms with Gasteiger partial charge in [-0.2, -0.15) is 11.8 Å². The predicted molar refractivity (Wildman–Crippen MR) is 137 cm³/mol. The number of aliphatic hydroxyl groups excluding tert-OH is 1. The van der Waals surface area contributed by atoms with E-state index in [0.29, 0.717) is 5.75 Å². The van der Waals surface area contributed by atoms with Crippen molar-refractivity contribution in [1.29, 1.82) is 0 Å². The van der Waals surface area contributed by atoms with E-state index in [1.165, 1.54) is 25.6 Å². The second-order valence-electron chi connectivity index (χ2n) is 8.90. The van der Waals surface area contributed by atoms with Crippen molar-refractivity contribution in [2.75, 3.05) is 25.2 Å². The van der Waals surface area contributed by atoms with Gasteiger partial charge in [-0.05, 0) is 44.6 Å². The summed E-state index contributed by atoms with van der Waals surface area (Å²) in [6.07, 6.45) is 2.32. The number of hydrogen-bond donors (Lipinski definition) is 8. The molecule has 212 valence electrons. The zero-order valence-corrected chi connectivity index (χ0v) is 22.6. The largest absolute Gasteiger partial charge is 0.480 e. The lowest BCUT2D eigenvalue weighted by molar-refractivity contribution is -0.141. The molecule has 0 aliphatic rings. The Hall–Kier alpha value is -2.91. The van der Waals surface area contributed by atoms with Crippen LogP contribution in [0.25, 0.3) is 0 Å². The van der Waals surface area contributed by atoms with Crippen molar-refractivity contribution in [2.24, 2.45) is 11.7 Å². The van der Waals surface area contributed by atoms with E-state index in [2.05, 4.69) is 26.6 Å². The van der Waals surface area contributed by atoms with Gasteiger partial charge in [-0.3, -0.25) is 28.8 Å². The van der Waals surface area contributed by atoms with Crippen LogP contribution < -0.4 is 32.3 Å². The van der Waals surface area contributed by atoms with Gasteiger partial charge >= 0.3 is 5.97 Å². The third-order valence-corrected chi connectivity index (χ3v) is 5.68. The fraction of sp³-hybridized carbons (Fsp3) is 0.727. The molecule has 0 bridgehead atoms. The molecule has 14 nitrogen and oxygen atoms in total. The van der Waals surface area contributed by atoms with E-state index in [1.54, 1.807) is 0 Å². The summed E-state index contributed by atoms with van der Waals surface area (Å²) in [7, 11) is 0. The van der Waals surface area contributed by atoms with Crippen molar-refractivity contribution in [1.82, 2.24) is 26.6 Å². The number of nitrogens with two attached hydrogens (primary N) is 1. The maximum Gasteiger partial charge on any atom is 0.325 e. The minimum atomic E-state index is -1.22. The van der Waals surface area contributed by atoms with E-state index in [1.807, 2.05) is 20.1 Å². The van der Waals surface area contributed by atoms with Gasteiger partial charge in [-0.25, -0.2) is 0 Å². The molecule has 0 rings (SSSR count). The summed E-state index contributed by atoms with van der Waals surface area (Å²) in [5, 5.41) is 30.0. The van der Waals surface area contributed by atoms with Gasteiger partial charge in [0.25, 0.3) is 0 Å². The fourth-order valence-electron chi connectivity index (χ4n) is 2.89. The molecule has 0 spiro atoms. The van der Waals surface area contributed by atoms with Crippen LogP contribution in [0.5, 0.6) is 0 Å². The number of carbonyl (C=O) groups is 6. The van der Waals surface area contributed by atoms with Gasteiger partial charge in [0, 0.05) is 0 Å². The standard InChI is InChI=1S/C22H40N6O8S/c1-11(2)8-16(21(34)26-13(4)22(35)36)28-18(31)12(3)25-17(30)9-24-20(33)15(6-7-37-5)27-19(32)14(23)10-29/h11-16,29H,6-10,23H2,1-5H3,(H,24,33)(H,25,30)(H,26,34)(H,27,32)(H,28,31)(H,35,36)/t12-,13-,14-,15-,16-/m0/s1. The smallest absolute Gasteiger partial charge is 0.325 e. The first-order valence-electron chi connectivity index (χ1n) is 11.8. The van der Waals surface area contributed by atoms with E-state index in [4.69, 9.17) is 15.9 Å². The van der Waals surface area contributed by atoms with Crippen LogP contribution in [0, 0.1) is 5.92 Å². The molecular weight excluding hydrogens is 508 g/mol. The molecule has 0 aromatic rings. The molecule has 0 aromatic heterocycles. The lowest BCUT2D eigenvalue weighted by Crippen LogP contribution is -2.56. The lowest BCUT2D eigenvalue weighted by Gasteiger charge is -2.23. The first-order chi connectivity index (χ1) is 17.2. The zero-order valence-electron chi connectivity index (χ0n) is 21.8. The Bertz CT molecular complexity index is 812. The average Bonchev–Trinajstić information content (AvgIpc) is 2.83. The number of hydrogen-bond acceptors (Lipinski definition) is 9. The van der Waals surface area contributed by atoms with Crippen LogP contribution in [0.1, 0.15) is 40.5 Å². The van der Waals surface area contributed by atoms with Gasteiger partial charge in [0.2, 0.25) is 29.5 Å². The van der Waals surface area contributed by atoms with Gasteiger partial charge in [0.1, 0.15) is 30.2 Å². The number of aliphatic carboxylic acids is 1. The highest BCUT2D eigenvalue weighted by Gasteiger charge is 2.28. The minimum Gasteiger partial charge on any atom is -0.480 e. The summed E-state index contributed by atoms with van der Waals surface area (Å²) in [5.41, 5.74) is 5.46. The second-order valence-corrected chi connectivity index (χ2v) is 9.88. The van der Waals surface area contributed by atoms with Crippen molar-refractivity contribution in [3.05, 3.63) is 0 Å².